The molecule has 1 aliphatic heterocycles. The molecule has 6 aromatic carbocycles. The number of rotatable bonds is 6. The van der Waals surface area contributed by atoms with E-state index in [1.807, 2.05) is 0 Å². The molecule has 194 valence electrons. The fraction of sp³-hybridized carbons (Fsp3) is 0. The summed E-state index contributed by atoms with van der Waals surface area (Å²) in [5, 5.41) is 0. The molecule has 0 bridgehead atoms. The Morgan fingerprint density at radius 2 is 0.488 bits per heavy atom. The van der Waals surface area contributed by atoms with E-state index < -0.39 is 13.3 Å². The van der Waals surface area contributed by atoms with Crippen LogP contribution in [0, 0.1) is 0 Å². The molecule has 0 aliphatic carbocycles. The van der Waals surface area contributed by atoms with E-state index in [0.717, 1.165) is 0 Å². The standard InChI is InChI=1S/C40H30Ge/c1-7-19-31(20-8-1)37-38(32-21-9-2-10-22-32)40(34-25-13-4-14-26-34)41(35-27-15-5-16-28-35,36-29-17-6-18-30-36)39(37)33-23-11-3-12-24-33/h1-30H. The summed E-state index contributed by atoms with van der Waals surface area (Å²) < 4.78 is 5.87. The van der Waals surface area contributed by atoms with Crippen LogP contribution in [0.3, 0.4) is 0 Å². The van der Waals surface area contributed by atoms with Gasteiger partial charge >= 0.3 is 246 Å². The van der Waals surface area contributed by atoms with E-state index in [9.17, 15) is 0 Å². The molecule has 0 unspecified atom stereocenters. The average molecular weight is 583 g/mol. The van der Waals surface area contributed by atoms with Gasteiger partial charge in [-0.25, -0.2) is 0 Å². The maximum absolute atomic E-state index is 3.66. The molecule has 7 rings (SSSR count). The molecule has 0 radical (unpaired) electrons. The predicted octanol–water partition coefficient (Wildman–Crippen LogP) is 8.56. The third kappa shape index (κ3) is 4.32. The van der Waals surface area contributed by atoms with Crippen molar-refractivity contribution in [1.29, 1.82) is 0 Å². The van der Waals surface area contributed by atoms with Gasteiger partial charge < -0.3 is 0 Å². The molecule has 6 aromatic rings. The van der Waals surface area contributed by atoms with Gasteiger partial charge in [-0.3, -0.25) is 0 Å². The van der Waals surface area contributed by atoms with E-state index in [1.165, 1.54) is 51.0 Å². The first-order valence-electron chi connectivity index (χ1n) is 14.2. The molecule has 0 aromatic heterocycles. The number of hydrogen-bond donors (Lipinski definition) is 0. The summed E-state index contributed by atoms with van der Waals surface area (Å²) in [6, 6.07) is 67.1. The van der Waals surface area contributed by atoms with Crippen molar-refractivity contribution < 1.29 is 0 Å². The Kier molecular flexibility index (Phi) is 6.84. The third-order valence-corrected chi connectivity index (χ3v) is 18.6. The minimum absolute atomic E-state index is 1.26. The van der Waals surface area contributed by atoms with Crippen molar-refractivity contribution in [3.63, 3.8) is 0 Å². The summed E-state index contributed by atoms with van der Waals surface area (Å²) >= 11 is -3.66. The Morgan fingerprint density at radius 3 is 0.780 bits per heavy atom. The number of hydrogen-bond acceptors (Lipinski definition) is 0. The summed E-state index contributed by atoms with van der Waals surface area (Å²) in [6.45, 7) is 0. The SMILES string of the molecule is c1ccc(C2=[C](c3ccccc3)[Ge]([c]3ccccc3)([c]3ccccc3)[C](c3ccccc3)=C2c2ccccc2)cc1. The second-order valence-electron chi connectivity index (χ2n) is 10.4. The molecular formula is C40H30Ge. The summed E-state index contributed by atoms with van der Waals surface area (Å²) in [5.74, 6) is 0. The van der Waals surface area contributed by atoms with Crippen molar-refractivity contribution in [1.82, 2.24) is 0 Å². The zero-order valence-electron chi connectivity index (χ0n) is 22.8. The van der Waals surface area contributed by atoms with Gasteiger partial charge in [0, 0.05) is 0 Å². The summed E-state index contributed by atoms with van der Waals surface area (Å²) in [7, 11) is 0. The van der Waals surface area contributed by atoms with Crippen LogP contribution in [0.2, 0.25) is 0 Å². The van der Waals surface area contributed by atoms with Gasteiger partial charge in [-0.05, 0) is 0 Å². The fourth-order valence-electron chi connectivity index (χ4n) is 6.59. The Balaban J connectivity index is 1.77. The monoisotopic (exact) mass is 584 g/mol. The molecule has 0 spiro atoms. The Morgan fingerprint density at radius 1 is 0.244 bits per heavy atom. The zero-order chi connectivity index (χ0) is 27.5. The van der Waals surface area contributed by atoms with Crippen molar-refractivity contribution in [2.45, 2.75) is 0 Å². The van der Waals surface area contributed by atoms with Gasteiger partial charge in [0.15, 0.2) is 0 Å². The van der Waals surface area contributed by atoms with Gasteiger partial charge in [0.05, 0.1) is 0 Å². The first-order valence-corrected chi connectivity index (χ1v) is 18.4. The first kappa shape index (κ1) is 25.3. The topological polar surface area (TPSA) is 0 Å². The normalized spacial score (nSPS) is 14.3. The van der Waals surface area contributed by atoms with Crippen LogP contribution in [-0.4, -0.2) is 13.3 Å². The molecule has 41 heavy (non-hydrogen) atoms. The van der Waals surface area contributed by atoms with Gasteiger partial charge in [0.25, 0.3) is 0 Å². The summed E-state index contributed by atoms with van der Waals surface area (Å²) in [5.41, 5.74) is 7.84. The van der Waals surface area contributed by atoms with Crippen LogP contribution in [0.4, 0.5) is 0 Å². The van der Waals surface area contributed by atoms with E-state index >= 15 is 0 Å². The molecular weight excluding hydrogens is 553 g/mol. The van der Waals surface area contributed by atoms with Crippen LogP contribution in [0.15, 0.2) is 182 Å². The van der Waals surface area contributed by atoms with Crippen LogP contribution in [0.25, 0.3) is 20.0 Å². The quantitative estimate of drug-likeness (QED) is 0.173. The van der Waals surface area contributed by atoms with Crippen LogP contribution in [0.5, 0.6) is 0 Å². The molecule has 0 N–H and O–H groups in total. The number of allylic oxidation sites excluding steroid dienone is 2. The molecule has 0 nitrogen and oxygen atoms in total. The van der Waals surface area contributed by atoms with Crippen LogP contribution in [0.1, 0.15) is 22.3 Å². The zero-order valence-corrected chi connectivity index (χ0v) is 24.9. The van der Waals surface area contributed by atoms with Crippen molar-refractivity contribution in [2.24, 2.45) is 0 Å². The van der Waals surface area contributed by atoms with Crippen molar-refractivity contribution in [3.05, 3.63) is 204 Å². The Hall–Kier alpha value is -4.66. The van der Waals surface area contributed by atoms with Crippen LogP contribution >= 0.6 is 0 Å². The van der Waals surface area contributed by atoms with E-state index in [1.54, 1.807) is 0 Å². The average Bonchev–Trinajstić information content (AvgIpc) is 3.40. The van der Waals surface area contributed by atoms with Crippen molar-refractivity contribution in [3.8, 4) is 0 Å². The minimum atomic E-state index is -3.66. The molecule has 1 heterocycles. The molecule has 0 atom stereocenters. The van der Waals surface area contributed by atoms with Gasteiger partial charge in [0.2, 0.25) is 0 Å². The van der Waals surface area contributed by atoms with E-state index in [-0.39, 0.29) is 0 Å². The van der Waals surface area contributed by atoms with Gasteiger partial charge in [-0.1, -0.05) is 0 Å². The van der Waals surface area contributed by atoms with E-state index in [2.05, 4.69) is 182 Å². The molecule has 0 saturated heterocycles. The Bertz CT molecular complexity index is 1680. The van der Waals surface area contributed by atoms with E-state index in [4.69, 9.17) is 0 Å². The van der Waals surface area contributed by atoms with Crippen LogP contribution in [-0.2, 0) is 0 Å². The summed E-state index contributed by atoms with van der Waals surface area (Å²) in [6.07, 6.45) is 0. The molecule has 0 saturated carbocycles. The van der Waals surface area contributed by atoms with Gasteiger partial charge in [-0.2, -0.15) is 0 Å². The van der Waals surface area contributed by atoms with Crippen molar-refractivity contribution in [2.75, 3.05) is 0 Å². The molecule has 0 fully saturated rings. The number of benzene rings is 6. The molecule has 0 amide bonds. The first-order chi connectivity index (χ1) is 20.4. The van der Waals surface area contributed by atoms with Gasteiger partial charge in [-0.15, -0.1) is 0 Å². The second kappa shape index (κ2) is 11.1. The Labute approximate surface area is 245 Å². The fourth-order valence-corrected chi connectivity index (χ4v) is 18.4. The van der Waals surface area contributed by atoms with Crippen LogP contribution < -0.4 is 8.79 Å². The predicted molar refractivity (Wildman–Crippen MR) is 177 cm³/mol. The third-order valence-electron chi connectivity index (χ3n) is 8.16. The summed E-state index contributed by atoms with van der Waals surface area (Å²) in [4.78, 5) is 0. The van der Waals surface area contributed by atoms with Gasteiger partial charge in [0.1, 0.15) is 0 Å². The molecule has 1 heteroatoms. The second-order valence-corrected chi connectivity index (χ2v) is 18.1. The van der Waals surface area contributed by atoms with Crippen molar-refractivity contribution >= 4 is 42.0 Å². The van der Waals surface area contributed by atoms with E-state index in [0.29, 0.717) is 0 Å². The molecule has 1 aliphatic rings. The maximum atomic E-state index is 2.38.